The Kier molecular flexibility index (Phi) is 10.9. The van der Waals surface area contributed by atoms with E-state index >= 15 is 0 Å². The van der Waals surface area contributed by atoms with Gasteiger partial charge in [-0.1, -0.05) is 5.92 Å². The fourth-order valence-electron chi connectivity index (χ4n) is 0.434. The molecule has 17 heavy (non-hydrogen) atoms. The van der Waals surface area contributed by atoms with E-state index in [0.29, 0.717) is 0 Å². The molecule has 0 aromatic rings. The van der Waals surface area contributed by atoms with Crippen LogP contribution in [-0.4, -0.2) is 0 Å². The molecule has 0 atom stereocenters. The maximum absolute atomic E-state index is 3.65. The van der Waals surface area contributed by atoms with Gasteiger partial charge in [0.15, 0.2) is 0 Å². The summed E-state index contributed by atoms with van der Waals surface area (Å²) < 4.78 is 0. The Morgan fingerprint density at radius 3 is 1.06 bits per heavy atom. The summed E-state index contributed by atoms with van der Waals surface area (Å²) in [6, 6.07) is 0. The van der Waals surface area contributed by atoms with Crippen LogP contribution < -0.4 is 0 Å². The summed E-state index contributed by atoms with van der Waals surface area (Å²) in [6.45, 7) is 1.70. The summed E-state index contributed by atoms with van der Waals surface area (Å²) in [5.41, 5.74) is 2.32. The minimum absolute atomic E-state index is 1.70. The Morgan fingerprint density at radius 2 is 0.765 bits per heavy atom. The Balaban J connectivity index is 4.27. The molecule has 0 aliphatic heterocycles. The standard InChI is InChI=1S/C16H3P/c1-2-3-4-5-6-7-8-9-10-11-12-13-14-15-16-17/h1H3. The first-order valence-electron chi connectivity index (χ1n) is 4.22. The van der Waals surface area contributed by atoms with Crippen LogP contribution in [0.2, 0.25) is 0 Å². The topological polar surface area (TPSA) is 0 Å². The van der Waals surface area contributed by atoms with Gasteiger partial charge in [0.25, 0.3) is 0 Å². The normalized spacial score (nSPS) is 3.76. The van der Waals surface area contributed by atoms with Crippen molar-refractivity contribution in [1.29, 1.82) is 0 Å². The van der Waals surface area contributed by atoms with Crippen molar-refractivity contribution in [2.45, 2.75) is 6.92 Å². The average Bonchev–Trinajstić information content (AvgIpc) is 2.35. The Hall–Kier alpha value is -2.87. The Bertz CT molecular complexity index is 739. The molecule has 0 amide bonds. The Labute approximate surface area is 104 Å². The van der Waals surface area contributed by atoms with Crippen molar-refractivity contribution in [1.82, 2.24) is 0 Å². The summed E-state index contributed by atoms with van der Waals surface area (Å²) in [7, 11) is 3.65. The van der Waals surface area contributed by atoms with E-state index in [4.69, 9.17) is 0 Å². The SMILES string of the molecule is CC#CC#CC#CC#CC#CC#CC#CC#P. The second-order valence-corrected chi connectivity index (χ2v) is 2.21. The zero-order valence-electron chi connectivity index (χ0n) is 8.95. The first-order chi connectivity index (χ1) is 8.41. The number of rotatable bonds is 0. The number of hydrogen-bond donors (Lipinski definition) is 0. The second-order valence-electron chi connectivity index (χ2n) is 1.99. The van der Waals surface area contributed by atoms with Crippen LogP contribution in [0.4, 0.5) is 0 Å². The molecule has 0 unspecified atom stereocenters. The average molecular weight is 226 g/mol. The van der Waals surface area contributed by atoms with Crippen LogP contribution in [0, 0.1) is 88.5 Å². The molecule has 0 aliphatic rings. The Morgan fingerprint density at radius 1 is 0.471 bits per heavy atom. The summed E-state index contributed by atoms with van der Waals surface area (Å²) in [6.07, 6.45) is 0. The van der Waals surface area contributed by atoms with Crippen molar-refractivity contribution >= 4 is 8.70 Å². The van der Waals surface area contributed by atoms with E-state index in [1.165, 1.54) is 0 Å². The predicted octanol–water partition coefficient (Wildman–Crippen LogP) is 1.40. The van der Waals surface area contributed by atoms with Crippen molar-refractivity contribution < 1.29 is 0 Å². The first kappa shape index (κ1) is 14.1. The molecule has 1 heteroatoms. The van der Waals surface area contributed by atoms with Crippen LogP contribution in [-0.2, 0) is 0 Å². The zero-order chi connectivity index (χ0) is 12.6. The van der Waals surface area contributed by atoms with Gasteiger partial charge in [0.2, 0.25) is 0 Å². The molecule has 0 nitrogen and oxygen atoms in total. The fraction of sp³-hybridized carbons (Fsp3) is 0.0625. The molecule has 0 fully saturated rings. The molecule has 0 rings (SSSR count). The number of hydrogen-bond acceptors (Lipinski definition) is 0. The van der Waals surface area contributed by atoms with Crippen LogP contribution in [0.15, 0.2) is 0 Å². The third-order valence-electron chi connectivity index (χ3n) is 0.931. The van der Waals surface area contributed by atoms with E-state index in [0.717, 1.165) is 0 Å². The molecule has 0 aromatic carbocycles. The molecule has 0 aromatic heterocycles. The van der Waals surface area contributed by atoms with Crippen LogP contribution in [0.5, 0.6) is 0 Å². The van der Waals surface area contributed by atoms with Gasteiger partial charge < -0.3 is 0 Å². The van der Waals surface area contributed by atoms with E-state index in [1.807, 2.05) is 0 Å². The summed E-state index contributed by atoms with van der Waals surface area (Å²) in [4.78, 5) is 0. The van der Waals surface area contributed by atoms with Gasteiger partial charge in [-0.3, -0.25) is 0 Å². The summed E-state index contributed by atoms with van der Waals surface area (Å²) >= 11 is 0. The van der Waals surface area contributed by atoms with Crippen LogP contribution in [0.25, 0.3) is 0 Å². The second kappa shape index (κ2) is 13.1. The van der Waals surface area contributed by atoms with E-state index in [1.54, 1.807) is 6.92 Å². The van der Waals surface area contributed by atoms with E-state index in [-0.39, 0.29) is 0 Å². The minimum atomic E-state index is 1.70. The quantitative estimate of drug-likeness (QED) is 0.432. The molecule has 0 aliphatic carbocycles. The molecule has 0 bridgehead atoms. The molecule has 72 valence electrons. The van der Waals surface area contributed by atoms with Gasteiger partial charge in [-0.25, -0.2) is 0 Å². The molecule has 0 heterocycles. The van der Waals surface area contributed by atoms with Crippen LogP contribution in [0.3, 0.4) is 0 Å². The molecular weight excluding hydrogens is 223 g/mol. The third-order valence-corrected chi connectivity index (χ3v) is 1.04. The molecular formula is C16H3P. The van der Waals surface area contributed by atoms with Crippen LogP contribution >= 0.6 is 8.70 Å². The van der Waals surface area contributed by atoms with Gasteiger partial charge in [-0.2, -0.15) is 0 Å². The van der Waals surface area contributed by atoms with E-state index in [2.05, 4.69) is 97.2 Å². The van der Waals surface area contributed by atoms with Gasteiger partial charge in [-0.05, 0) is 18.8 Å². The zero-order valence-corrected chi connectivity index (χ0v) is 9.84. The van der Waals surface area contributed by atoms with E-state index in [9.17, 15) is 0 Å². The molecule has 0 spiro atoms. The maximum atomic E-state index is 3.65. The van der Waals surface area contributed by atoms with Gasteiger partial charge in [-0.15, -0.1) is 0 Å². The van der Waals surface area contributed by atoms with Gasteiger partial charge >= 0.3 is 79.4 Å². The van der Waals surface area contributed by atoms with Crippen molar-refractivity contribution in [3.05, 3.63) is 0 Å². The molecule has 0 radical (unpaired) electrons. The third kappa shape index (κ3) is 13.1. The van der Waals surface area contributed by atoms with Crippen molar-refractivity contribution in [2.75, 3.05) is 0 Å². The molecule has 0 saturated heterocycles. The van der Waals surface area contributed by atoms with Gasteiger partial charge in [0.05, 0.1) is 0 Å². The first-order valence-corrected chi connectivity index (χ1v) is 4.67. The van der Waals surface area contributed by atoms with Crippen molar-refractivity contribution in [3.63, 3.8) is 0 Å². The monoisotopic (exact) mass is 226 g/mol. The van der Waals surface area contributed by atoms with E-state index < -0.39 is 0 Å². The summed E-state index contributed by atoms with van der Waals surface area (Å²) in [5.74, 6) is 35.0. The fourth-order valence-corrected chi connectivity index (χ4v) is 0.490. The van der Waals surface area contributed by atoms with Gasteiger partial charge in [0.1, 0.15) is 0 Å². The molecule has 0 N–H and O–H groups in total. The van der Waals surface area contributed by atoms with Gasteiger partial charge in [0, 0.05) is 0 Å². The van der Waals surface area contributed by atoms with Crippen molar-refractivity contribution in [2.24, 2.45) is 0 Å². The van der Waals surface area contributed by atoms with Crippen molar-refractivity contribution in [3.8, 4) is 88.5 Å². The van der Waals surface area contributed by atoms with Crippen LogP contribution in [0.1, 0.15) is 6.92 Å². The predicted molar refractivity (Wildman–Crippen MR) is 70.9 cm³/mol. The molecule has 0 saturated carbocycles. The summed E-state index contributed by atoms with van der Waals surface area (Å²) in [5, 5.41) is 0.